The van der Waals surface area contributed by atoms with Crippen LogP contribution in [-0.2, 0) is 11.2 Å². The van der Waals surface area contributed by atoms with Crippen molar-refractivity contribution in [3.8, 4) is 10.6 Å². The number of rotatable bonds is 4. The second-order valence-electron chi connectivity index (χ2n) is 5.86. The molecule has 1 aliphatic heterocycles. The molecule has 0 aliphatic carbocycles. The van der Waals surface area contributed by atoms with E-state index in [9.17, 15) is 4.79 Å². The third-order valence-corrected chi connectivity index (χ3v) is 5.03. The predicted octanol–water partition coefficient (Wildman–Crippen LogP) is 2.39. The van der Waals surface area contributed by atoms with Gasteiger partial charge in [0.05, 0.1) is 0 Å². The Labute approximate surface area is 137 Å². The maximum Gasteiger partial charge on any atom is 0.147 e. The molecular weight excluding hydrogens is 308 g/mol. The molecule has 0 spiro atoms. The summed E-state index contributed by atoms with van der Waals surface area (Å²) in [5.41, 5.74) is 1.88. The second-order valence-corrected chi connectivity index (χ2v) is 7.04. The number of nitrogens with zero attached hydrogens (tertiary/aromatic N) is 3. The number of hydrogen-bond donors (Lipinski definition) is 1. The highest BCUT2D eigenvalue weighted by Crippen LogP contribution is 2.27. The van der Waals surface area contributed by atoms with Gasteiger partial charge in [-0.15, -0.1) is 10.2 Å². The van der Waals surface area contributed by atoms with Crippen LogP contribution in [0.4, 0.5) is 0 Å². The van der Waals surface area contributed by atoms with Gasteiger partial charge in [-0.25, -0.2) is 0 Å². The average molecular weight is 324 g/mol. The second kappa shape index (κ2) is 5.79. The van der Waals surface area contributed by atoms with Crippen LogP contribution in [0.1, 0.15) is 10.7 Å². The fourth-order valence-corrected chi connectivity index (χ4v) is 3.36. The number of pyridine rings is 1. The minimum atomic E-state index is 0.156. The zero-order chi connectivity index (χ0) is 15.8. The first-order chi connectivity index (χ1) is 11.2. The largest absolute Gasteiger partial charge is 0.315 e. The molecule has 4 rings (SSSR count). The SMILES string of the molecule is Cc1nnc(-c2ccc3cnc(CC(=O)C4CNC4)cc3c2)s1. The molecule has 3 aromatic rings. The highest BCUT2D eigenvalue weighted by molar-refractivity contribution is 7.14. The van der Waals surface area contributed by atoms with E-state index in [4.69, 9.17) is 0 Å². The number of nitrogens with one attached hydrogen (secondary N) is 1. The molecule has 1 aliphatic rings. The molecule has 0 unspecified atom stereocenters. The van der Waals surface area contributed by atoms with Crippen LogP contribution in [-0.4, -0.2) is 34.1 Å². The number of carbonyl (C=O) groups excluding carboxylic acids is 1. The summed E-state index contributed by atoms with van der Waals surface area (Å²) >= 11 is 1.58. The summed E-state index contributed by atoms with van der Waals surface area (Å²) in [6.07, 6.45) is 2.25. The van der Waals surface area contributed by atoms with Crippen LogP contribution in [0.2, 0.25) is 0 Å². The molecule has 0 saturated carbocycles. The first-order valence-electron chi connectivity index (χ1n) is 7.61. The molecule has 1 aromatic carbocycles. The normalized spacial score (nSPS) is 14.8. The van der Waals surface area contributed by atoms with Crippen LogP contribution in [0.3, 0.4) is 0 Å². The van der Waals surface area contributed by atoms with Crippen molar-refractivity contribution in [1.29, 1.82) is 0 Å². The smallest absolute Gasteiger partial charge is 0.147 e. The van der Waals surface area contributed by atoms with E-state index in [1.165, 1.54) is 0 Å². The van der Waals surface area contributed by atoms with Gasteiger partial charge >= 0.3 is 0 Å². The van der Waals surface area contributed by atoms with Gasteiger partial charge in [-0.05, 0) is 24.4 Å². The van der Waals surface area contributed by atoms with Crippen LogP contribution in [0.15, 0.2) is 30.5 Å². The van der Waals surface area contributed by atoms with Crippen LogP contribution in [0.5, 0.6) is 0 Å². The van der Waals surface area contributed by atoms with Gasteiger partial charge in [0.15, 0.2) is 0 Å². The number of aromatic nitrogens is 3. The number of benzene rings is 1. The lowest BCUT2D eigenvalue weighted by Crippen LogP contribution is -2.47. The summed E-state index contributed by atoms with van der Waals surface area (Å²) < 4.78 is 0. The molecule has 0 atom stereocenters. The lowest BCUT2D eigenvalue weighted by molar-refractivity contribution is -0.123. The van der Waals surface area contributed by atoms with Gasteiger partial charge in [0.2, 0.25) is 0 Å². The topological polar surface area (TPSA) is 67.8 Å². The van der Waals surface area contributed by atoms with Crippen molar-refractivity contribution in [2.24, 2.45) is 5.92 Å². The molecular formula is C17H16N4OS. The Hall–Kier alpha value is -2.18. The molecule has 2 aromatic heterocycles. The van der Waals surface area contributed by atoms with Gasteiger partial charge in [-0.2, -0.15) is 0 Å². The van der Waals surface area contributed by atoms with Gasteiger partial charge in [0.25, 0.3) is 0 Å². The maximum absolute atomic E-state index is 12.1. The summed E-state index contributed by atoms with van der Waals surface area (Å²) in [6.45, 7) is 3.55. The monoisotopic (exact) mass is 324 g/mol. The van der Waals surface area contributed by atoms with Crippen LogP contribution in [0.25, 0.3) is 21.3 Å². The van der Waals surface area contributed by atoms with E-state index in [-0.39, 0.29) is 11.7 Å². The maximum atomic E-state index is 12.1. The molecule has 3 heterocycles. The number of ketones is 1. The Bertz CT molecular complexity index is 885. The van der Waals surface area contributed by atoms with Gasteiger partial charge in [-0.1, -0.05) is 23.5 Å². The van der Waals surface area contributed by atoms with E-state index < -0.39 is 0 Å². The highest BCUT2D eigenvalue weighted by Gasteiger charge is 2.24. The molecule has 1 saturated heterocycles. The van der Waals surface area contributed by atoms with Crippen molar-refractivity contribution >= 4 is 27.9 Å². The third kappa shape index (κ3) is 2.87. The summed E-state index contributed by atoms with van der Waals surface area (Å²) in [6, 6.07) is 8.18. The minimum absolute atomic E-state index is 0.156. The fourth-order valence-electron chi connectivity index (χ4n) is 2.67. The van der Waals surface area contributed by atoms with Crippen molar-refractivity contribution in [2.75, 3.05) is 13.1 Å². The summed E-state index contributed by atoms with van der Waals surface area (Å²) in [5.74, 6) is 0.426. The van der Waals surface area contributed by atoms with E-state index in [1.54, 1.807) is 11.3 Å². The molecule has 1 fully saturated rings. The van der Waals surface area contributed by atoms with Gasteiger partial charge < -0.3 is 5.32 Å². The van der Waals surface area contributed by atoms with Crippen LogP contribution >= 0.6 is 11.3 Å². The lowest BCUT2D eigenvalue weighted by atomic mass is 9.94. The molecule has 6 heteroatoms. The third-order valence-electron chi connectivity index (χ3n) is 4.14. The van der Waals surface area contributed by atoms with E-state index >= 15 is 0 Å². The van der Waals surface area contributed by atoms with Gasteiger partial charge in [-0.3, -0.25) is 9.78 Å². The van der Waals surface area contributed by atoms with Gasteiger partial charge in [0, 0.05) is 48.3 Å². The number of hydrogen-bond acceptors (Lipinski definition) is 6. The summed E-state index contributed by atoms with van der Waals surface area (Å²) in [7, 11) is 0. The van der Waals surface area contributed by atoms with Crippen molar-refractivity contribution in [2.45, 2.75) is 13.3 Å². The minimum Gasteiger partial charge on any atom is -0.315 e. The van der Waals surface area contributed by atoms with Gasteiger partial charge in [0.1, 0.15) is 15.8 Å². The van der Waals surface area contributed by atoms with E-state index in [0.29, 0.717) is 6.42 Å². The quantitative estimate of drug-likeness (QED) is 0.798. The Morgan fingerprint density at radius 3 is 2.83 bits per heavy atom. The van der Waals surface area contributed by atoms with Crippen LogP contribution in [0, 0.1) is 12.8 Å². The zero-order valence-electron chi connectivity index (χ0n) is 12.7. The first-order valence-corrected chi connectivity index (χ1v) is 8.43. The lowest BCUT2D eigenvalue weighted by Gasteiger charge is -2.25. The van der Waals surface area contributed by atoms with Crippen molar-refractivity contribution in [3.05, 3.63) is 41.2 Å². The summed E-state index contributed by atoms with van der Waals surface area (Å²) in [5, 5.41) is 15.4. The Morgan fingerprint density at radius 1 is 1.26 bits per heavy atom. The van der Waals surface area contributed by atoms with Crippen molar-refractivity contribution in [1.82, 2.24) is 20.5 Å². The molecule has 5 nitrogen and oxygen atoms in total. The van der Waals surface area contributed by atoms with Crippen molar-refractivity contribution < 1.29 is 4.79 Å². The zero-order valence-corrected chi connectivity index (χ0v) is 13.6. The average Bonchev–Trinajstić information content (AvgIpc) is 2.91. The number of Topliss-reactive ketones (excluding diaryl/α,β-unsaturated/α-hetero) is 1. The standard InChI is InChI=1S/C17H16N4OS/c1-10-20-21-17(23-10)11-2-3-12-9-19-15(5-13(12)4-11)6-16(22)14-7-18-8-14/h2-5,9,14,18H,6-8H2,1H3. The van der Waals surface area contributed by atoms with Crippen molar-refractivity contribution in [3.63, 3.8) is 0 Å². The molecule has 0 amide bonds. The molecule has 1 N–H and O–H groups in total. The number of fused-ring (bicyclic) bond motifs is 1. The molecule has 0 radical (unpaired) electrons. The number of carbonyl (C=O) groups is 1. The molecule has 0 bridgehead atoms. The van der Waals surface area contributed by atoms with E-state index in [0.717, 1.165) is 45.1 Å². The molecule has 23 heavy (non-hydrogen) atoms. The Morgan fingerprint density at radius 2 is 2.13 bits per heavy atom. The fraction of sp³-hybridized carbons (Fsp3) is 0.294. The first kappa shape index (κ1) is 14.4. The molecule has 116 valence electrons. The highest BCUT2D eigenvalue weighted by atomic mass is 32.1. The Kier molecular flexibility index (Phi) is 3.63. The summed E-state index contributed by atoms with van der Waals surface area (Å²) in [4.78, 5) is 16.6. The van der Waals surface area contributed by atoms with Crippen LogP contribution < -0.4 is 5.32 Å². The predicted molar refractivity (Wildman–Crippen MR) is 90.5 cm³/mol. The number of aryl methyl sites for hydroxylation is 1. The van der Waals surface area contributed by atoms with E-state index in [2.05, 4.69) is 26.6 Å². The van der Waals surface area contributed by atoms with E-state index in [1.807, 2.05) is 31.3 Å². The Balaban J connectivity index is 1.65.